The molecule has 0 radical (unpaired) electrons. The van der Waals surface area contributed by atoms with Gasteiger partial charge in [0, 0.05) is 13.1 Å². The first-order chi connectivity index (χ1) is 13.9. The minimum Gasteiger partial charge on any atom is -0.455 e. The number of amides is 1. The Morgan fingerprint density at radius 3 is 2.79 bits per heavy atom. The van der Waals surface area contributed by atoms with E-state index in [1.54, 1.807) is 50.4 Å². The van der Waals surface area contributed by atoms with Crippen LogP contribution in [0.1, 0.15) is 15.2 Å². The summed E-state index contributed by atoms with van der Waals surface area (Å²) >= 11 is 1.16. The second-order valence-electron chi connectivity index (χ2n) is 6.41. The van der Waals surface area contributed by atoms with Gasteiger partial charge in [0.15, 0.2) is 5.75 Å². The Labute approximate surface area is 169 Å². The number of thiophene rings is 1. The first kappa shape index (κ1) is 18.8. The highest BCUT2D eigenvalue weighted by atomic mass is 32.1. The van der Waals surface area contributed by atoms with Crippen molar-refractivity contribution in [3.8, 4) is 11.5 Å². The molecule has 0 unspecified atom stereocenters. The van der Waals surface area contributed by atoms with Crippen molar-refractivity contribution in [3.05, 3.63) is 81.5 Å². The molecule has 146 valence electrons. The second-order valence-corrected chi connectivity index (χ2v) is 7.41. The van der Waals surface area contributed by atoms with Crippen LogP contribution in [0, 0.1) is 12.7 Å². The Bertz CT molecular complexity index is 1300. The lowest BCUT2D eigenvalue weighted by Crippen LogP contribution is -2.17. The summed E-state index contributed by atoms with van der Waals surface area (Å²) in [5.41, 5.74) is 0.817. The zero-order valence-electron chi connectivity index (χ0n) is 15.6. The standard InChI is InChI=1S/C21H16FN3O3S/c1-12-17-20(23-11-25(2)21(17)27)29-18(12)19(26)24-15-8-3-4-9-16(15)28-14-7-5-6-13(22)10-14/h3-11H,1-2H3,(H,24,26). The van der Waals surface area contributed by atoms with Gasteiger partial charge in [-0.3, -0.25) is 9.59 Å². The minimum atomic E-state index is -0.418. The number of carbonyl (C=O) groups is 1. The molecule has 1 N–H and O–H groups in total. The van der Waals surface area contributed by atoms with Gasteiger partial charge in [-0.05, 0) is 36.8 Å². The van der Waals surface area contributed by atoms with E-state index in [2.05, 4.69) is 10.3 Å². The van der Waals surface area contributed by atoms with Crippen molar-refractivity contribution in [2.75, 3.05) is 5.32 Å². The Morgan fingerprint density at radius 2 is 2.00 bits per heavy atom. The molecule has 0 bridgehead atoms. The fraction of sp³-hybridized carbons (Fsp3) is 0.0952. The third-order valence-corrected chi connectivity index (χ3v) is 5.57. The third kappa shape index (κ3) is 3.62. The average Bonchev–Trinajstić information content (AvgIpc) is 3.04. The molecule has 4 aromatic rings. The molecular formula is C21H16FN3O3S. The van der Waals surface area contributed by atoms with Crippen molar-refractivity contribution < 1.29 is 13.9 Å². The van der Waals surface area contributed by atoms with E-state index in [0.29, 0.717) is 37.8 Å². The van der Waals surface area contributed by atoms with Gasteiger partial charge in [0.05, 0.1) is 22.3 Å². The number of para-hydroxylation sites is 2. The number of nitrogens with one attached hydrogen (secondary N) is 1. The van der Waals surface area contributed by atoms with Crippen LogP contribution in [0.15, 0.2) is 59.7 Å². The highest BCUT2D eigenvalue weighted by molar-refractivity contribution is 7.20. The van der Waals surface area contributed by atoms with Crippen LogP contribution in [0.5, 0.6) is 11.5 Å². The normalized spacial score (nSPS) is 10.9. The van der Waals surface area contributed by atoms with Crippen LogP contribution in [0.2, 0.25) is 0 Å². The zero-order chi connectivity index (χ0) is 20.5. The Balaban J connectivity index is 1.66. The van der Waals surface area contributed by atoms with Gasteiger partial charge in [0.2, 0.25) is 0 Å². The molecule has 0 spiro atoms. The summed E-state index contributed by atoms with van der Waals surface area (Å²) in [5.74, 6) is -0.0986. The predicted molar refractivity (Wildman–Crippen MR) is 110 cm³/mol. The summed E-state index contributed by atoms with van der Waals surface area (Å²) < 4.78 is 20.5. The monoisotopic (exact) mass is 409 g/mol. The van der Waals surface area contributed by atoms with Gasteiger partial charge < -0.3 is 14.6 Å². The van der Waals surface area contributed by atoms with Crippen LogP contribution in [-0.4, -0.2) is 15.5 Å². The predicted octanol–water partition coefficient (Wildman–Crippen LogP) is 4.49. The summed E-state index contributed by atoms with van der Waals surface area (Å²) in [6.45, 7) is 1.73. The van der Waals surface area contributed by atoms with E-state index < -0.39 is 5.82 Å². The number of hydrogen-bond donors (Lipinski definition) is 1. The number of carbonyl (C=O) groups excluding carboxylic acids is 1. The topological polar surface area (TPSA) is 73.2 Å². The maximum absolute atomic E-state index is 13.4. The van der Waals surface area contributed by atoms with Crippen molar-refractivity contribution in [1.82, 2.24) is 9.55 Å². The number of aromatic nitrogens is 2. The van der Waals surface area contributed by atoms with Crippen molar-refractivity contribution in [1.29, 1.82) is 0 Å². The SMILES string of the molecule is Cc1c(C(=O)Nc2ccccc2Oc2cccc(F)c2)sc2ncn(C)c(=O)c12. The first-order valence-corrected chi connectivity index (χ1v) is 9.54. The van der Waals surface area contributed by atoms with Crippen LogP contribution in [-0.2, 0) is 7.05 Å². The second kappa shape index (κ2) is 7.48. The molecule has 0 aliphatic heterocycles. The number of halogens is 1. The summed E-state index contributed by atoms with van der Waals surface area (Å²) in [5, 5.41) is 3.25. The molecule has 2 aromatic carbocycles. The number of rotatable bonds is 4. The van der Waals surface area contributed by atoms with Crippen LogP contribution < -0.4 is 15.6 Å². The zero-order valence-corrected chi connectivity index (χ0v) is 16.4. The molecule has 6 nitrogen and oxygen atoms in total. The quantitative estimate of drug-likeness (QED) is 0.539. The van der Waals surface area contributed by atoms with Gasteiger partial charge in [-0.2, -0.15) is 0 Å². The number of benzene rings is 2. The average molecular weight is 409 g/mol. The van der Waals surface area contributed by atoms with Crippen LogP contribution >= 0.6 is 11.3 Å². The molecule has 4 rings (SSSR count). The Kier molecular flexibility index (Phi) is 4.85. The maximum Gasteiger partial charge on any atom is 0.266 e. The van der Waals surface area contributed by atoms with E-state index in [9.17, 15) is 14.0 Å². The molecule has 29 heavy (non-hydrogen) atoms. The molecule has 0 aliphatic carbocycles. The molecule has 0 atom stereocenters. The van der Waals surface area contributed by atoms with Crippen molar-refractivity contribution in [2.24, 2.45) is 7.05 Å². The Morgan fingerprint density at radius 1 is 1.21 bits per heavy atom. The number of hydrogen-bond acceptors (Lipinski definition) is 5. The molecule has 0 fully saturated rings. The molecule has 0 saturated heterocycles. The van der Waals surface area contributed by atoms with Crippen molar-refractivity contribution in [3.63, 3.8) is 0 Å². The molecule has 2 aromatic heterocycles. The summed E-state index contributed by atoms with van der Waals surface area (Å²) in [7, 11) is 1.62. The van der Waals surface area contributed by atoms with E-state index >= 15 is 0 Å². The van der Waals surface area contributed by atoms with E-state index in [0.717, 1.165) is 11.3 Å². The first-order valence-electron chi connectivity index (χ1n) is 8.72. The van der Waals surface area contributed by atoms with Gasteiger partial charge in [-0.15, -0.1) is 11.3 Å². The van der Waals surface area contributed by atoms with Crippen LogP contribution in [0.4, 0.5) is 10.1 Å². The fourth-order valence-corrected chi connectivity index (χ4v) is 3.96. The highest BCUT2D eigenvalue weighted by Gasteiger charge is 2.20. The minimum absolute atomic E-state index is 0.197. The molecular weight excluding hydrogens is 393 g/mol. The molecule has 2 heterocycles. The number of ether oxygens (including phenoxy) is 1. The lowest BCUT2D eigenvalue weighted by Gasteiger charge is -2.12. The largest absolute Gasteiger partial charge is 0.455 e. The lowest BCUT2D eigenvalue weighted by atomic mass is 10.2. The summed E-state index contributed by atoms with van der Waals surface area (Å²) in [6.07, 6.45) is 1.43. The molecule has 0 saturated carbocycles. The van der Waals surface area contributed by atoms with Crippen molar-refractivity contribution in [2.45, 2.75) is 6.92 Å². The van der Waals surface area contributed by atoms with Gasteiger partial charge >= 0.3 is 0 Å². The maximum atomic E-state index is 13.4. The molecule has 8 heteroatoms. The van der Waals surface area contributed by atoms with E-state index in [1.807, 2.05) is 0 Å². The van der Waals surface area contributed by atoms with E-state index in [4.69, 9.17) is 4.74 Å². The summed E-state index contributed by atoms with van der Waals surface area (Å²) in [4.78, 5) is 30.4. The van der Waals surface area contributed by atoms with Gasteiger partial charge in [-0.1, -0.05) is 18.2 Å². The van der Waals surface area contributed by atoms with Gasteiger partial charge in [0.1, 0.15) is 16.4 Å². The number of anilines is 1. The van der Waals surface area contributed by atoms with E-state index in [-0.39, 0.29) is 11.5 Å². The van der Waals surface area contributed by atoms with Crippen molar-refractivity contribution >= 4 is 33.1 Å². The van der Waals surface area contributed by atoms with E-state index in [1.165, 1.54) is 23.0 Å². The summed E-state index contributed by atoms with van der Waals surface area (Å²) in [6, 6.07) is 12.6. The molecule has 1 amide bonds. The number of aryl methyl sites for hydroxylation is 2. The van der Waals surface area contributed by atoms with Crippen LogP contribution in [0.25, 0.3) is 10.2 Å². The van der Waals surface area contributed by atoms with Gasteiger partial charge in [0.25, 0.3) is 11.5 Å². The third-order valence-electron chi connectivity index (χ3n) is 4.38. The van der Waals surface area contributed by atoms with Crippen LogP contribution in [0.3, 0.4) is 0 Å². The smallest absolute Gasteiger partial charge is 0.266 e. The Hall–Kier alpha value is -3.52. The number of nitrogens with zero attached hydrogens (tertiary/aromatic N) is 2. The fourth-order valence-electron chi connectivity index (χ4n) is 2.92. The highest BCUT2D eigenvalue weighted by Crippen LogP contribution is 2.32. The van der Waals surface area contributed by atoms with Gasteiger partial charge in [-0.25, -0.2) is 9.37 Å². The number of fused-ring (bicyclic) bond motifs is 1. The molecule has 0 aliphatic rings. The lowest BCUT2D eigenvalue weighted by molar-refractivity contribution is 0.102.